The van der Waals surface area contributed by atoms with Gasteiger partial charge in [-0.05, 0) is 38.0 Å². The molecule has 10 heteroatoms. The Morgan fingerprint density at radius 1 is 1.47 bits per heavy atom. The maximum atomic E-state index is 12.5. The molecule has 1 fully saturated rings. The topological polar surface area (TPSA) is 103 Å². The molecule has 1 aromatic carbocycles. The summed E-state index contributed by atoms with van der Waals surface area (Å²) >= 11 is 1.27. The number of hydrogen-bond acceptors (Lipinski definition) is 7. The molecule has 0 saturated carbocycles. The van der Waals surface area contributed by atoms with Crippen LogP contribution in [0.15, 0.2) is 42.1 Å². The first-order valence-electron chi connectivity index (χ1n) is 9.67. The molecule has 8 nitrogen and oxygen atoms in total. The van der Waals surface area contributed by atoms with Gasteiger partial charge in [0.2, 0.25) is 5.91 Å². The van der Waals surface area contributed by atoms with E-state index < -0.39 is 15.1 Å². The monoisotopic (exact) mass is 450 g/mol. The Morgan fingerprint density at radius 2 is 2.27 bits per heavy atom. The highest BCUT2D eigenvalue weighted by atomic mass is 32.2. The molecule has 1 amide bonds. The molecule has 1 N–H and O–H groups in total. The van der Waals surface area contributed by atoms with Crippen LogP contribution in [0.1, 0.15) is 24.7 Å². The largest absolute Gasteiger partial charge is 0.486 e. The minimum atomic E-state index is -3.04. The Kier molecular flexibility index (Phi) is 7.19. The summed E-state index contributed by atoms with van der Waals surface area (Å²) in [6.45, 7) is 8.26. The lowest BCUT2D eigenvalue weighted by Gasteiger charge is -2.16. The molecule has 0 aliphatic carbocycles. The van der Waals surface area contributed by atoms with Gasteiger partial charge in [0.05, 0.1) is 16.8 Å². The van der Waals surface area contributed by atoms with Crippen LogP contribution in [0, 0.1) is 6.92 Å². The van der Waals surface area contributed by atoms with E-state index in [1.165, 1.54) is 11.8 Å². The standard InChI is InChI=1S/C20H26N4O4S2/c1-4-9-24-18(12-28-17-7-5-6-14(2)11-17)22-23-20(24)29-15(3)19(25)21-16-8-10-30(26,27)13-16/h4-7,11,15-16H,1,8-10,12-13H2,2-3H3,(H,21,25)/t15-,16-/m1/s1. The van der Waals surface area contributed by atoms with Crippen molar-refractivity contribution in [2.24, 2.45) is 0 Å². The molecule has 2 atom stereocenters. The van der Waals surface area contributed by atoms with Crippen LogP contribution in [0.4, 0.5) is 0 Å². The molecule has 1 aromatic heterocycles. The van der Waals surface area contributed by atoms with Gasteiger partial charge >= 0.3 is 0 Å². The Morgan fingerprint density at radius 3 is 2.93 bits per heavy atom. The molecule has 162 valence electrons. The van der Waals surface area contributed by atoms with Gasteiger partial charge in [0.15, 0.2) is 20.8 Å². The zero-order chi connectivity index (χ0) is 21.7. The number of allylic oxidation sites excluding steroid dienone is 1. The lowest BCUT2D eigenvalue weighted by Crippen LogP contribution is -2.40. The molecule has 0 unspecified atom stereocenters. The molecule has 1 saturated heterocycles. The Bertz CT molecular complexity index is 1020. The molecule has 3 rings (SSSR count). The third kappa shape index (κ3) is 5.85. The van der Waals surface area contributed by atoms with E-state index in [0.717, 1.165) is 11.3 Å². The second-order valence-electron chi connectivity index (χ2n) is 7.27. The first-order valence-corrected chi connectivity index (χ1v) is 12.4. The maximum Gasteiger partial charge on any atom is 0.233 e. The van der Waals surface area contributed by atoms with Crippen molar-refractivity contribution in [3.8, 4) is 5.75 Å². The van der Waals surface area contributed by atoms with E-state index in [0.29, 0.717) is 23.9 Å². The summed E-state index contributed by atoms with van der Waals surface area (Å²) in [4.78, 5) is 12.5. The number of carbonyl (C=O) groups excluding carboxylic acids is 1. The Hall–Kier alpha value is -2.33. The van der Waals surface area contributed by atoms with Crippen LogP contribution in [0.5, 0.6) is 5.75 Å². The van der Waals surface area contributed by atoms with Gasteiger partial charge in [-0.3, -0.25) is 9.36 Å². The smallest absolute Gasteiger partial charge is 0.233 e. The first kappa shape index (κ1) is 22.4. The van der Waals surface area contributed by atoms with Crippen LogP contribution < -0.4 is 10.1 Å². The third-order valence-corrected chi connectivity index (χ3v) is 7.54. The first-order chi connectivity index (χ1) is 14.3. The van der Waals surface area contributed by atoms with E-state index in [1.54, 1.807) is 13.0 Å². The number of hydrogen-bond donors (Lipinski definition) is 1. The van der Waals surface area contributed by atoms with Crippen molar-refractivity contribution >= 4 is 27.5 Å². The van der Waals surface area contributed by atoms with Crippen molar-refractivity contribution in [2.75, 3.05) is 11.5 Å². The molecule has 1 aliphatic heterocycles. The van der Waals surface area contributed by atoms with Crippen LogP contribution in [0.2, 0.25) is 0 Å². The van der Waals surface area contributed by atoms with Gasteiger partial charge in [0, 0.05) is 12.6 Å². The van der Waals surface area contributed by atoms with Crippen molar-refractivity contribution < 1.29 is 17.9 Å². The number of ether oxygens (including phenoxy) is 1. The lowest BCUT2D eigenvalue weighted by molar-refractivity contribution is -0.120. The van der Waals surface area contributed by atoms with Gasteiger partial charge in [-0.15, -0.1) is 16.8 Å². The van der Waals surface area contributed by atoms with E-state index in [2.05, 4.69) is 22.1 Å². The van der Waals surface area contributed by atoms with E-state index in [1.807, 2.05) is 35.8 Å². The van der Waals surface area contributed by atoms with E-state index >= 15 is 0 Å². The van der Waals surface area contributed by atoms with Gasteiger partial charge in [0.1, 0.15) is 12.4 Å². The van der Waals surface area contributed by atoms with E-state index in [-0.39, 0.29) is 30.1 Å². The number of nitrogens with zero attached hydrogens (tertiary/aromatic N) is 3. The zero-order valence-electron chi connectivity index (χ0n) is 17.1. The molecule has 0 bridgehead atoms. The number of thioether (sulfide) groups is 1. The Balaban J connectivity index is 1.63. The zero-order valence-corrected chi connectivity index (χ0v) is 18.7. The molecule has 0 spiro atoms. The van der Waals surface area contributed by atoms with Crippen molar-refractivity contribution in [3.05, 3.63) is 48.3 Å². The molecule has 1 aliphatic rings. The van der Waals surface area contributed by atoms with Gasteiger partial charge in [-0.1, -0.05) is 30.0 Å². The second kappa shape index (κ2) is 9.65. The summed E-state index contributed by atoms with van der Waals surface area (Å²) < 4.78 is 30.9. The number of nitrogens with one attached hydrogen (secondary N) is 1. The van der Waals surface area contributed by atoms with Crippen molar-refractivity contribution in [2.45, 2.75) is 49.9 Å². The fraction of sp³-hybridized carbons (Fsp3) is 0.450. The van der Waals surface area contributed by atoms with Crippen molar-refractivity contribution in [1.29, 1.82) is 0 Å². The van der Waals surface area contributed by atoms with Crippen LogP contribution in [-0.2, 0) is 27.8 Å². The van der Waals surface area contributed by atoms with Gasteiger partial charge < -0.3 is 10.1 Å². The number of sulfone groups is 1. The molecular weight excluding hydrogens is 424 g/mol. The van der Waals surface area contributed by atoms with Crippen LogP contribution in [0.25, 0.3) is 0 Å². The third-order valence-electron chi connectivity index (χ3n) is 4.69. The summed E-state index contributed by atoms with van der Waals surface area (Å²) in [5.41, 5.74) is 1.10. The van der Waals surface area contributed by atoms with Crippen LogP contribution in [-0.4, -0.2) is 51.9 Å². The second-order valence-corrected chi connectivity index (χ2v) is 10.8. The summed E-state index contributed by atoms with van der Waals surface area (Å²) in [5, 5.41) is 11.4. The number of amides is 1. The SMILES string of the molecule is C=CCn1c(COc2cccc(C)c2)nnc1S[C@H](C)C(=O)N[C@@H]1CCS(=O)(=O)C1. The minimum Gasteiger partial charge on any atom is -0.486 e. The number of rotatable bonds is 9. The molecule has 0 radical (unpaired) electrons. The highest BCUT2D eigenvalue weighted by Gasteiger charge is 2.30. The summed E-state index contributed by atoms with van der Waals surface area (Å²) in [6.07, 6.45) is 2.19. The average molecular weight is 451 g/mol. The van der Waals surface area contributed by atoms with Crippen LogP contribution >= 0.6 is 11.8 Å². The molecular formula is C20H26N4O4S2. The number of carbonyl (C=O) groups is 1. The number of benzene rings is 1. The highest BCUT2D eigenvalue weighted by Crippen LogP contribution is 2.24. The summed E-state index contributed by atoms with van der Waals surface area (Å²) in [6, 6.07) is 7.42. The van der Waals surface area contributed by atoms with E-state index in [4.69, 9.17) is 4.74 Å². The average Bonchev–Trinajstić information content (AvgIpc) is 3.23. The highest BCUT2D eigenvalue weighted by molar-refractivity contribution is 8.00. The lowest BCUT2D eigenvalue weighted by atomic mass is 10.2. The number of aromatic nitrogens is 3. The maximum absolute atomic E-state index is 12.5. The van der Waals surface area contributed by atoms with Crippen molar-refractivity contribution in [1.82, 2.24) is 20.1 Å². The van der Waals surface area contributed by atoms with Crippen molar-refractivity contribution in [3.63, 3.8) is 0 Å². The van der Waals surface area contributed by atoms with Gasteiger partial charge in [-0.25, -0.2) is 8.42 Å². The molecule has 2 aromatic rings. The quantitative estimate of drug-likeness (QED) is 0.461. The van der Waals surface area contributed by atoms with Gasteiger partial charge in [-0.2, -0.15) is 0 Å². The van der Waals surface area contributed by atoms with Crippen LogP contribution in [0.3, 0.4) is 0 Å². The molecule has 30 heavy (non-hydrogen) atoms. The molecule has 2 heterocycles. The Labute approximate surface area is 181 Å². The van der Waals surface area contributed by atoms with E-state index in [9.17, 15) is 13.2 Å². The predicted octanol–water partition coefficient (Wildman–Crippen LogP) is 2.14. The summed E-state index contributed by atoms with van der Waals surface area (Å²) in [5.74, 6) is 1.29. The predicted molar refractivity (Wildman–Crippen MR) is 116 cm³/mol. The fourth-order valence-electron chi connectivity index (χ4n) is 3.12. The minimum absolute atomic E-state index is 0.00320. The number of aryl methyl sites for hydroxylation is 1. The summed E-state index contributed by atoms with van der Waals surface area (Å²) in [7, 11) is -3.04. The van der Waals surface area contributed by atoms with Gasteiger partial charge in [0.25, 0.3) is 0 Å². The fourth-order valence-corrected chi connectivity index (χ4v) is 5.68. The normalized spacial score (nSPS) is 18.7.